The Morgan fingerprint density at radius 2 is 1.74 bits per heavy atom. The van der Waals surface area contributed by atoms with Crippen LogP contribution in [0.2, 0.25) is 0 Å². The van der Waals surface area contributed by atoms with E-state index < -0.39 is 31.6 Å². The largest absolute Gasteiger partial charge is 0.283 e. The van der Waals surface area contributed by atoms with Gasteiger partial charge in [0.05, 0.1) is 22.7 Å². The lowest BCUT2D eigenvalue weighted by Crippen LogP contribution is -2.32. The van der Waals surface area contributed by atoms with E-state index in [4.69, 9.17) is 0 Å². The number of pyridine rings is 1. The molecule has 0 unspecified atom stereocenters. The summed E-state index contributed by atoms with van der Waals surface area (Å²) in [6.45, 7) is -0.284. The molecule has 0 aliphatic rings. The van der Waals surface area contributed by atoms with Crippen molar-refractivity contribution in [2.24, 2.45) is 0 Å². The second-order valence-corrected chi connectivity index (χ2v) is 9.47. The predicted octanol–water partition coefficient (Wildman–Crippen LogP) is 1.33. The number of halogens is 1. The maximum atomic E-state index is 12.9. The Kier molecular flexibility index (Phi) is 5.44. The predicted molar refractivity (Wildman–Crippen MR) is 99.6 cm³/mol. The molecule has 0 spiro atoms. The van der Waals surface area contributed by atoms with Gasteiger partial charge in [0.25, 0.3) is 0 Å². The molecule has 144 valence electrons. The second-order valence-electron chi connectivity index (χ2n) is 5.82. The van der Waals surface area contributed by atoms with Crippen molar-refractivity contribution in [2.75, 3.05) is 17.0 Å². The smallest absolute Gasteiger partial charge is 0.234 e. The van der Waals surface area contributed by atoms with Crippen molar-refractivity contribution in [3.05, 3.63) is 66.2 Å². The van der Waals surface area contributed by atoms with Gasteiger partial charge in [-0.2, -0.15) is 5.10 Å². The van der Waals surface area contributed by atoms with Crippen LogP contribution in [-0.2, 0) is 25.8 Å². The first kappa shape index (κ1) is 19.3. The van der Waals surface area contributed by atoms with Gasteiger partial charge in [-0.15, -0.1) is 0 Å². The number of nitrogens with one attached hydrogen (secondary N) is 2. The van der Waals surface area contributed by atoms with Crippen LogP contribution in [0.1, 0.15) is 5.56 Å². The normalized spacial score (nSPS) is 12.3. The van der Waals surface area contributed by atoms with Crippen LogP contribution in [0.3, 0.4) is 0 Å². The molecule has 3 aromatic rings. The number of nitrogens with zero attached hydrogens (tertiary/aromatic N) is 2. The first-order valence-corrected chi connectivity index (χ1v) is 11.2. The summed E-state index contributed by atoms with van der Waals surface area (Å²) in [6, 6.07) is 9.94. The van der Waals surface area contributed by atoms with E-state index in [-0.39, 0.29) is 12.3 Å². The molecule has 3 rings (SSSR count). The SMILES string of the molecule is O=S(=O)(Cc1ccc(F)cc1)NCCS(=O)(=O)Nc1ccn2nccc2c1. The zero-order chi connectivity index (χ0) is 19.5. The van der Waals surface area contributed by atoms with Crippen LogP contribution in [0.25, 0.3) is 5.52 Å². The summed E-state index contributed by atoms with van der Waals surface area (Å²) in [5.74, 6) is -1.26. The minimum atomic E-state index is -3.74. The third-order valence-corrected chi connectivity index (χ3v) is 6.28. The van der Waals surface area contributed by atoms with Crippen molar-refractivity contribution in [3.8, 4) is 0 Å². The third kappa shape index (κ3) is 5.49. The Balaban J connectivity index is 1.55. The minimum absolute atomic E-state index is 0.284. The number of rotatable bonds is 8. The van der Waals surface area contributed by atoms with E-state index in [1.807, 2.05) is 0 Å². The summed E-state index contributed by atoms with van der Waals surface area (Å²) < 4.78 is 67.4. The fourth-order valence-corrected chi connectivity index (χ4v) is 4.63. The highest BCUT2D eigenvalue weighted by atomic mass is 32.2. The lowest BCUT2D eigenvalue weighted by Gasteiger charge is -2.10. The van der Waals surface area contributed by atoms with Crippen LogP contribution in [0.5, 0.6) is 0 Å². The van der Waals surface area contributed by atoms with E-state index in [2.05, 4.69) is 14.5 Å². The number of sulfonamides is 2. The third-order valence-electron chi connectivity index (χ3n) is 3.64. The Labute approximate surface area is 156 Å². The molecule has 0 atom stereocenters. The van der Waals surface area contributed by atoms with Crippen molar-refractivity contribution >= 4 is 31.3 Å². The summed E-state index contributed by atoms with van der Waals surface area (Å²) in [4.78, 5) is 0. The first-order chi connectivity index (χ1) is 12.7. The van der Waals surface area contributed by atoms with Crippen molar-refractivity contribution in [1.29, 1.82) is 0 Å². The standard InChI is InChI=1S/C16H17FN4O4S2/c17-14-3-1-13(2-4-14)12-27(24,25)19-8-10-26(22,23)20-15-6-9-21-16(11-15)5-7-18-21/h1-7,9,11,19-20H,8,10,12H2. The topological polar surface area (TPSA) is 110 Å². The molecular weight excluding hydrogens is 395 g/mol. The van der Waals surface area contributed by atoms with Crippen molar-refractivity contribution in [1.82, 2.24) is 14.3 Å². The van der Waals surface area contributed by atoms with Gasteiger partial charge in [0, 0.05) is 18.9 Å². The Morgan fingerprint density at radius 1 is 1.00 bits per heavy atom. The van der Waals surface area contributed by atoms with Gasteiger partial charge in [0.2, 0.25) is 20.0 Å². The van der Waals surface area contributed by atoms with E-state index in [0.717, 1.165) is 17.6 Å². The van der Waals surface area contributed by atoms with Gasteiger partial charge in [-0.25, -0.2) is 30.5 Å². The van der Waals surface area contributed by atoms with Crippen LogP contribution < -0.4 is 9.44 Å². The van der Waals surface area contributed by atoms with Crippen LogP contribution in [0.15, 0.2) is 54.9 Å². The zero-order valence-corrected chi connectivity index (χ0v) is 15.7. The monoisotopic (exact) mass is 412 g/mol. The van der Waals surface area contributed by atoms with E-state index in [9.17, 15) is 21.2 Å². The Morgan fingerprint density at radius 3 is 2.48 bits per heavy atom. The van der Waals surface area contributed by atoms with Crippen molar-refractivity contribution in [2.45, 2.75) is 5.75 Å². The van der Waals surface area contributed by atoms with E-state index >= 15 is 0 Å². The maximum Gasteiger partial charge on any atom is 0.234 e. The lowest BCUT2D eigenvalue weighted by atomic mass is 10.2. The molecular formula is C16H17FN4O4S2. The van der Waals surface area contributed by atoms with Gasteiger partial charge in [-0.3, -0.25) is 4.72 Å². The molecule has 0 aliphatic heterocycles. The number of anilines is 1. The summed E-state index contributed by atoms with van der Waals surface area (Å²) >= 11 is 0. The fraction of sp³-hybridized carbons (Fsp3) is 0.188. The number of benzene rings is 1. The molecule has 1 aromatic carbocycles. The van der Waals surface area contributed by atoms with Crippen LogP contribution in [0, 0.1) is 5.82 Å². The maximum absolute atomic E-state index is 12.9. The van der Waals surface area contributed by atoms with Gasteiger partial charge < -0.3 is 0 Å². The Bertz CT molecular complexity index is 1140. The number of hydrogen-bond acceptors (Lipinski definition) is 5. The highest BCUT2D eigenvalue weighted by Gasteiger charge is 2.15. The molecule has 2 heterocycles. The zero-order valence-electron chi connectivity index (χ0n) is 14.0. The quantitative estimate of drug-likeness (QED) is 0.580. The van der Waals surface area contributed by atoms with E-state index in [1.165, 1.54) is 12.1 Å². The molecule has 11 heteroatoms. The molecule has 8 nitrogen and oxygen atoms in total. The lowest BCUT2D eigenvalue weighted by molar-refractivity contribution is 0.580. The first-order valence-electron chi connectivity index (χ1n) is 7.88. The van der Waals surface area contributed by atoms with Crippen LogP contribution in [-0.4, -0.2) is 38.7 Å². The molecule has 0 amide bonds. The van der Waals surface area contributed by atoms with E-state index in [1.54, 1.807) is 35.1 Å². The number of hydrogen-bond donors (Lipinski definition) is 2. The molecule has 0 bridgehead atoms. The second kappa shape index (κ2) is 7.62. The highest BCUT2D eigenvalue weighted by Crippen LogP contribution is 2.13. The molecule has 0 saturated heterocycles. The summed E-state index contributed by atoms with van der Waals surface area (Å²) in [5, 5.41) is 4.01. The van der Waals surface area contributed by atoms with Gasteiger partial charge in [0.15, 0.2) is 0 Å². The molecule has 0 aliphatic carbocycles. The van der Waals surface area contributed by atoms with Gasteiger partial charge in [-0.05, 0) is 35.9 Å². The highest BCUT2D eigenvalue weighted by molar-refractivity contribution is 7.92. The average Bonchev–Trinajstić information content (AvgIpc) is 3.03. The van der Waals surface area contributed by atoms with Crippen LogP contribution in [0.4, 0.5) is 10.1 Å². The number of aromatic nitrogens is 2. The fourth-order valence-electron chi connectivity index (χ4n) is 2.40. The molecule has 0 radical (unpaired) electrons. The van der Waals surface area contributed by atoms with Gasteiger partial charge >= 0.3 is 0 Å². The molecule has 0 saturated carbocycles. The van der Waals surface area contributed by atoms with Gasteiger partial charge in [-0.1, -0.05) is 12.1 Å². The molecule has 2 aromatic heterocycles. The van der Waals surface area contributed by atoms with Crippen molar-refractivity contribution < 1.29 is 21.2 Å². The Hall–Kier alpha value is -2.50. The minimum Gasteiger partial charge on any atom is -0.283 e. The molecule has 2 N–H and O–H groups in total. The molecule has 27 heavy (non-hydrogen) atoms. The average molecular weight is 412 g/mol. The van der Waals surface area contributed by atoms with Crippen molar-refractivity contribution in [3.63, 3.8) is 0 Å². The van der Waals surface area contributed by atoms with Crippen LogP contribution >= 0.6 is 0 Å². The van der Waals surface area contributed by atoms with Gasteiger partial charge in [0.1, 0.15) is 5.82 Å². The summed E-state index contributed by atoms with van der Waals surface area (Å²) in [5.41, 5.74) is 1.48. The molecule has 0 fully saturated rings. The number of fused-ring (bicyclic) bond motifs is 1. The van der Waals surface area contributed by atoms with E-state index in [0.29, 0.717) is 11.3 Å². The summed E-state index contributed by atoms with van der Waals surface area (Å²) in [6.07, 6.45) is 3.20. The summed E-state index contributed by atoms with van der Waals surface area (Å²) in [7, 11) is -7.48.